The van der Waals surface area contributed by atoms with E-state index < -0.39 is 0 Å². The van der Waals surface area contributed by atoms with E-state index in [0.717, 1.165) is 25.9 Å². The van der Waals surface area contributed by atoms with Crippen LogP contribution in [0.5, 0.6) is 0 Å². The molecule has 0 spiro atoms. The number of carbonyl (C=O) groups is 2. The fourth-order valence-electron chi connectivity index (χ4n) is 2.08. The summed E-state index contributed by atoms with van der Waals surface area (Å²) in [4.78, 5) is 24.8. The minimum Gasteiger partial charge on any atom is -0.358 e. The van der Waals surface area contributed by atoms with Gasteiger partial charge in [-0.15, -0.1) is 0 Å². The summed E-state index contributed by atoms with van der Waals surface area (Å²) in [5.41, 5.74) is 0. The molecular weight excluding hydrogens is 218 g/mol. The number of nitrogens with one attached hydrogen (secondary N) is 2. The summed E-state index contributed by atoms with van der Waals surface area (Å²) in [6.45, 7) is 4.76. The van der Waals surface area contributed by atoms with Gasteiger partial charge in [-0.3, -0.25) is 9.59 Å². The molecule has 2 amide bonds. The molecule has 0 aromatic heterocycles. The lowest BCUT2D eigenvalue weighted by atomic mass is 10.0. The Kier molecular flexibility index (Phi) is 5.97. The Hall–Kier alpha value is -1.10. The molecule has 1 aliphatic heterocycles. The van der Waals surface area contributed by atoms with Crippen molar-refractivity contribution < 1.29 is 9.59 Å². The van der Waals surface area contributed by atoms with Crippen molar-refractivity contribution in [3.8, 4) is 0 Å². The molecule has 0 saturated carbocycles. The second-order valence-corrected chi connectivity index (χ2v) is 4.48. The first-order chi connectivity index (χ1) is 8.17. The van der Waals surface area contributed by atoms with Crippen molar-refractivity contribution in [2.24, 2.45) is 5.92 Å². The highest BCUT2D eigenvalue weighted by atomic mass is 16.2. The normalized spacial score (nSPS) is 19.1. The van der Waals surface area contributed by atoms with E-state index in [0.29, 0.717) is 18.9 Å². The third kappa shape index (κ3) is 4.73. The summed E-state index contributed by atoms with van der Waals surface area (Å²) in [6, 6.07) is 0. The fourth-order valence-corrected chi connectivity index (χ4v) is 2.08. The second kappa shape index (κ2) is 7.27. The molecule has 2 N–H and O–H groups in total. The van der Waals surface area contributed by atoms with Gasteiger partial charge in [-0.05, 0) is 38.8 Å². The largest absolute Gasteiger partial charge is 0.358 e. The number of nitrogens with zero attached hydrogens (tertiary/aromatic N) is 1. The van der Waals surface area contributed by atoms with Gasteiger partial charge in [0.15, 0.2) is 0 Å². The second-order valence-electron chi connectivity index (χ2n) is 4.48. The number of hydrogen-bond donors (Lipinski definition) is 2. The predicted molar refractivity (Wildman–Crippen MR) is 66.5 cm³/mol. The Bertz CT molecular complexity index is 262. The van der Waals surface area contributed by atoms with Gasteiger partial charge in [0.1, 0.15) is 0 Å². The van der Waals surface area contributed by atoms with E-state index in [1.807, 2.05) is 6.92 Å². The monoisotopic (exact) mass is 241 g/mol. The Morgan fingerprint density at radius 2 is 2.24 bits per heavy atom. The molecule has 17 heavy (non-hydrogen) atoms. The quantitative estimate of drug-likeness (QED) is 0.686. The van der Waals surface area contributed by atoms with Crippen molar-refractivity contribution in [1.82, 2.24) is 15.5 Å². The molecule has 1 unspecified atom stereocenters. The molecule has 1 saturated heterocycles. The maximum absolute atomic E-state index is 11.9. The minimum absolute atomic E-state index is 0.0861. The van der Waals surface area contributed by atoms with Crippen LogP contribution in [-0.2, 0) is 9.59 Å². The van der Waals surface area contributed by atoms with Crippen molar-refractivity contribution in [2.45, 2.75) is 26.2 Å². The van der Waals surface area contributed by atoms with Crippen molar-refractivity contribution >= 4 is 11.8 Å². The highest BCUT2D eigenvalue weighted by Gasteiger charge is 2.19. The molecular formula is C12H23N3O2. The van der Waals surface area contributed by atoms with Gasteiger partial charge in [-0.1, -0.05) is 0 Å². The van der Waals surface area contributed by atoms with E-state index in [1.165, 1.54) is 0 Å². The van der Waals surface area contributed by atoms with E-state index in [1.54, 1.807) is 11.9 Å². The molecule has 1 atom stereocenters. The van der Waals surface area contributed by atoms with Gasteiger partial charge in [0, 0.05) is 20.0 Å². The molecule has 0 radical (unpaired) electrons. The number of hydrogen-bond acceptors (Lipinski definition) is 3. The molecule has 0 bridgehead atoms. The van der Waals surface area contributed by atoms with Crippen LogP contribution in [0, 0.1) is 5.92 Å². The molecule has 0 aliphatic carbocycles. The van der Waals surface area contributed by atoms with Gasteiger partial charge in [-0.25, -0.2) is 0 Å². The number of rotatable bonds is 6. The topological polar surface area (TPSA) is 61.4 Å². The van der Waals surface area contributed by atoms with E-state index in [2.05, 4.69) is 10.6 Å². The smallest absolute Gasteiger partial charge is 0.239 e. The first-order valence-electron chi connectivity index (χ1n) is 6.36. The van der Waals surface area contributed by atoms with E-state index in [4.69, 9.17) is 0 Å². The molecule has 1 aliphatic rings. The first-order valence-corrected chi connectivity index (χ1v) is 6.36. The minimum atomic E-state index is -0.109. The van der Waals surface area contributed by atoms with Crippen molar-refractivity contribution in [3.05, 3.63) is 0 Å². The van der Waals surface area contributed by atoms with Crippen LogP contribution in [0.4, 0.5) is 0 Å². The zero-order chi connectivity index (χ0) is 12.7. The molecule has 1 rings (SSSR count). The Morgan fingerprint density at radius 1 is 1.47 bits per heavy atom. The van der Waals surface area contributed by atoms with Crippen LogP contribution < -0.4 is 10.6 Å². The molecule has 5 heteroatoms. The lowest BCUT2D eigenvalue weighted by molar-refractivity contribution is -0.135. The summed E-state index contributed by atoms with van der Waals surface area (Å²) < 4.78 is 0. The van der Waals surface area contributed by atoms with Gasteiger partial charge >= 0.3 is 0 Å². The van der Waals surface area contributed by atoms with Gasteiger partial charge in [0.05, 0.1) is 6.54 Å². The van der Waals surface area contributed by atoms with Crippen LogP contribution in [0.15, 0.2) is 0 Å². The zero-order valence-electron chi connectivity index (χ0n) is 10.8. The third-order valence-electron chi connectivity index (χ3n) is 3.28. The van der Waals surface area contributed by atoms with E-state index >= 15 is 0 Å². The predicted octanol–water partition coefficient (Wildman–Crippen LogP) is -0.0294. The standard InChI is InChI=1S/C12H23N3O2/c1-3-15(9-11(16)13-2)12(17)5-4-10-6-7-14-8-10/h10,14H,3-9H2,1-2H3,(H,13,16). The van der Waals surface area contributed by atoms with Crippen LogP contribution >= 0.6 is 0 Å². The maximum atomic E-state index is 11.9. The molecule has 98 valence electrons. The summed E-state index contributed by atoms with van der Waals surface area (Å²) in [6.07, 6.45) is 2.64. The number of likely N-dealkylation sites (N-methyl/N-ethyl adjacent to an activating group) is 2. The van der Waals surface area contributed by atoms with Gasteiger partial charge in [0.2, 0.25) is 11.8 Å². The maximum Gasteiger partial charge on any atom is 0.239 e. The Labute approximate surface area is 103 Å². The third-order valence-corrected chi connectivity index (χ3v) is 3.28. The van der Waals surface area contributed by atoms with Crippen molar-refractivity contribution in [2.75, 3.05) is 33.2 Å². The Balaban J connectivity index is 2.29. The Morgan fingerprint density at radius 3 is 2.76 bits per heavy atom. The molecule has 1 heterocycles. The van der Waals surface area contributed by atoms with Crippen LogP contribution in [0.1, 0.15) is 26.2 Å². The van der Waals surface area contributed by atoms with E-state index in [9.17, 15) is 9.59 Å². The molecule has 0 aromatic carbocycles. The number of amides is 2. The highest BCUT2D eigenvalue weighted by Crippen LogP contribution is 2.15. The average Bonchev–Trinajstić information content (AvgIpc) is 2.85. The number of carbonyl (C=O) groups excluding carboxylic acids is 2. The average molecular weight is 241 g/mol. The SMILES string of the molecule is CCN(CC(=O)NC)C(=O)CCC1CCNC1. The lowest BCUT2D eigenvalue weighted by Gasteiger charge is -2.20. The van der Waals surface area contributed by atoms with Gasteiger partial charge in [-0.2, -0.15) is 0 Å². The van der Waals surface area contributed by atoms with Gasteiger partial charge < -0.3 is 15.5 Å². The van der Waals surface area contributed by atoms with Crippen LogP contribution in [0.2, 0.25) is 0 Å². The van der Waals surface area contributed by atoms with Crippen LogP contribution in [-0.4, -0.2) is 49.9 Å². The summed E-state index contributed by atoms with van der Waals surface area (Å²) >= 11 is 0. The molecule has 0 aromatic rings. The van der Waals surface area contributed by atoms with Crippen molar-refractivity contribution in [3.63, 3.8) is 0 Å². The van der Waals surface area contributed by atoms with Crippen LogP contribution in [0.25, 0.3) is 0 Å². The summed E-state index contributed by atoms with van der Waals surface area (Å²) in [7, 11) is 1.59. The highest BCUT2D eigenvalue weighted by molar-refractivity contribution is 5.84. The lowest BCUT2D eigenvalue weighted by Crippen LogP contribution is -2.39. The molecule has 1 fully saturated rings. The van der Waals surface area contributed by atoms with Crippen molar-refractivity contribution in [1.29, 1.82) is 0 Å². The van der Waals surface area contributed by atoms with E-state index in [-0.39, 0.29) is 18.4 Å². The van der Waals surface area contributed by atoms with Crippen LogP contribution in [0.3, 0.4) is 0 Å². The molecule has 5 nitrogen and oxygen atoms in total. The first kappa shape index (κ1) is 14.0. The van der Waals surface area contributed by atoms with Gasteiger partial charge in [0.25, 0.3) is 0 Å². The summed E-state index contributed by atoms with van der Waals surface area (Å²) in [5, 5.41) is 5.83. The summed E-state index contributed by atoms with van der Waals surface area (Å²) in [5.74, 6) is 0.600. The zero-order valence-corrected chi connectivity index (χ0v) is 10.8. The fraction of sp³-hybridized carbons (Fsp3) is 0.833.